The molecule has 186 valence electrons. The number of carbonyl (C=O) groups excluding carboxylic acids is 1. The Morgan fingerprint density at radius 1 is 1.31 bits per heavy atom. The molecular formula is C23H21F4N3O4S. The maximum Gasteiger partial charge on any atom is 0.433 e. The second-order valence-corrected chi connectivity index (χ2v) is 9.65. The number of ether oxygens (including phenoxy) is 1. The third-order valence-corrected chi connectivity index (χ3v) is 5.40. The zero-order valence-electron chi connectivity index (χ0n) is 18.4. The minimum Gasteiger partial charge on any atom is -0.477 e. The molecule has 1 fully saturated rings. The smallest absolute Gasteiger partial charge is 0.433 e. The molecule has 1 heterocycles. The second kappa shape index (κ2) is 10.4. The Bertz CT molecular complexity index is 1300. The molecule has 35 heavy (non-hydrogen) atoms. The van der Waals surface area contributed by atoms with E-state index in [-0.39, 0.29) is 47.3 Å². The summed E-state index contributed by atoms with van der Waals surface area (Å²) in [6.45, 7) is -0.0711. The van der Waals surface area contributed by atoms with Crippen molar-refractivity contribution in [2.24, 2.45) is 5.92 Å². The Kier molecular flexibility index (Phi) is 7.70. The average molecular weight is 511 g/mol. The number of amides is 1. The predicted molar refractivity (Wildman–Crippen MR) is 121 cm³/mol. The predicted octanol–water partition coefficient (Wildman–Crippen LogP) is 3.71. The summed E-state index contributed by atoms with van der Waals surface area (Å²) in [6, 6.07) is 3.90. The van der Waals surface area contributed by atoms with E-state index in [1.807, 2.05) is 0 Å². The fraction of sp³-hybridized carbons (Fsp3) is 0.304. The molecule has 2 N–H and O–H groups in total. The lowest BCUT2D eigenvalue weighted by Crippen LogP contribution is -2.22. The summed E-state index contributed by atoms with van der Waals surface area (Å²) in [6.07, 6.45) is 5.69. The van der Waals surface area contributed by atoms with E-state index in [1.165, 1.54) is 6.08 Å². The number of halogens is 4. The van der Waals surface area contributed by atoms with Gasteiger partial charge in [-0.25, -0.2) is 17.8 Å². The number of aromatic nitrogens is 1. The number of terminal acetylenes is 1. The summed E-state index contributed by atoms with van der Waals surface area (Å²) < 4.78 is 84.0. The van der Waals surface area contributed by atoms with Crippen molar-refractivity contribution in [1.29, 1.82) is 0 Å². The molecule has 0 radical (unpaired) electrons. The third kappa shape index (κ3) is 7.71. The number of carbonyl (C=O) groups is 1. The lowest BCUT2D eigenvalue weighted by Gasteiger charge is -2.14. The summed E-state index contributed by atoms with van der Waals surface area (Å²) >= 11 is 0. The van der Waals surface area contributed by atoms with Crippen LogP contribution in [0.25, 0.3) is 6.08 Å². The van der Waals surface area contributed by atoms with Crippen molar-refractivity contribution in [3.05, 3.63) is 58.5 Å². The molecule has 0 aliphatic heterocycles. The Balaban J connectivity index is 1.76. The zero-order chi connectivity index (χ0) is 25.8. The summed E-state index contributed by atoms with van der Waals surface area (Å²) in [5, 5.41) is 2.45. The highest BCUT2D eigenvalue weighted by Crippen LogP contribution is 2.33. The Morgan fingerprint density at radius 3 is 2.63 bits per heavy atom. The van der Waals surface area contributed by atoms with Crippen LogP contribution in [0.15, 0.2) is 30.3 Å². The molecule has 0 bridgehead atoms. The second-order valence-electron chi connectivity index (χ2n) is 7.90. The number of hydrogen-bond acceptors (Lipinski definition) is 5. The van der Waals surface area contributed by atoms with Crippen LogP contribution in [0.2, 0.25) is 0 Å². The van der Waals surface area contributed by atoms with Crippen LogP contribution >= 0.6 is 0 Å². The van der Waals surface area contributed by atoms with E-state index < -0.39 is 33.6 Å². The molecule has 7 nitrogen and oxygen atoms in total. The molecule has 12 heteroatoms. The molecule has 3 rings (SSSR count). The number of nitrogens with zero attached hydrogens (tertiary/aromatic N) is 1. The molecule has 1 aliphatic carbocycles. The first-order valence-corrected chi connectivity index (χ1v) is 12.2. The summed E-state index contributed by atoms with van der Waals surface area (Å²) in [7, 11) is -3.75. The maximum absolute atomic E-state index is 13.9. The van der Waals surface area contributed by atoms with Gasteiger partial charge in [-0.1, -0.05) is 5.92 Å². The van der Waals surface area contributed by atoms with Crippen molar-refractivity contribution in [2.75, 3.05) is 17.6 Å². The van der Waals surface area contributed by atoms with Gasteiger partial charge in [0.1, 0.15) is 11.5 Å². The van der Waals surface area contributed by atoms with Crippen LogP contribution in [0.4, 0.5) is 23.2 Å². The van der Waals surface area contributed by atoms with Crippen LogP contribution < -0.4 is 14.8 Å². The van der Waals surface area contributed by atoms with Gasteiger partial charge < -0.3 is 10.1 Å². The molecule has 1 amide bonds. The van der Waals surface area contributed by atoms with Gasteiger partial charge in [-0.15, -0.1) is 6.42 Å². The van der Waals surface area contributed by atoms with Crippen LogP contribution in [-0.4, -0.2) is 32.2 Å². The number of sulfonamides is 1. The van der Waals surface area contributed by atoms with Crippen LogP contribution in [-0.2, 0) is 27.5 Å². The molecule has 2 aromatic rings. The summed E-state index contributed by atoms with van der Waals surface area (Å²) in [5.74, 6) is 0.781. The first-order valence-electron chi connectivity index (χ1n) is 10.3. The number of benzene rings is 1. The third-order valence-electron chi connectivity index (χ3n) is 4.83. The topological polar surface area (TPSA) is 97.4 Å². The zero-order valence-corrected chi connectivity index (χ0v) is 19.3. The molecule has 0 saturated heterocycles. The quantitative estimate of drug-likeness (QED) is 0.304. The molecule has 1 aliphatic rings. The van der Waals surface area contributed by atoms with Gasteiger partial charge in [-0.3, -0.25) is 9.52 Å². The van der Waals surface area contributed by atoms with Gasteiger partial charge >= 0.3 is 6.18 Å². The summed E-state index contributed by atoms with van der Waals surface area (Å²) in [4.78, 5) is 15.9. The molecular weight excluding hydrogens is 490 g/mol. The molecule has 1 saturated carbocycles. The Morgan fingerprint density at radius 2 is 2.03 bits per heavy atom. The average Bonchev–Trinajstić information content (AvgIpc) is 3.59. The van der Waals surface area contributed by atoms with E-state index in [4.69, 9.17) is 11.2 Å². The number of anilines is 1. The molecule has 0 unspecified atom stereocenters. The highest BCUT2D eigenvalue weighted by Gasteiger charge is 2.33. The number of pyridine rings is 1. The van der Waals surface area contributed by atoms with E-state index in [1.54, 1.807) is 0 Å². The fourth-order valence-electron chi connectivity index (χ4n) is 2.96. The highest BCUT2D eigenvalue weighted by molar-refractivity contribution is 7.92. The van der Waals surface area contributed by atoms with Gasteiger partial charge in [-0.05, 0) is 54.7 Å². The van der Waals surface area contributed by atoms with E-state index in [0.717, 1.165) is 49.4 Å². The van der Waals surface area contributed by atoms with E-state index in [9.17, 15) is 30.8 Å². The first-order chi connectivity index (χ1) is 16.4. The Hall–Kier alpha value is -3.59. The first kappa shape index (κ1) is 26.0. The van der Waals surface area contributed by atoms with Gasteiger partial charge in [0.05, 0.1) is 24.1 Å². The normalized spacial score (nSPS) is 13.9. The minimum atomic E-state index is -4.66. The van der Waals surface area contributed by atoms with Crippen molar-refractivity contribution < 1.29 is 35.5 Å². The van der Waals surface area contributed by atoms with Crippen molar-refractivity contribution in [2.45, 2.75) is 25.6 Å². The Labute approximate surface area is 199 Å². The van der Waals surface area contributed by atoms with Crippen molar-refractivity contribution in [3.63, 3.8) is 0 Å². The van der Waals surface area contributed by atoms with Crippen LogP contribution in [0.5, 0.6) is 5.88 Å². The number of rotatable bonds is 9. The standard InChI is InChI=1S/C23H21F4N3O4S/c1-3-15-10-18(24)11-17(21(15)30-35(2,32)33)12-28-20(31)9-7-16-6-8-19(23(25,26)27)29-22(16)34-13-14-4-5-14/h1,6-11,14,30H,4-5,12-13H2,2H3,(H,28,31). The fourth-order valence-corrected chi connectivity index (χ4v) is 3.57. The minimum absolute atomic E-state index is 0.0523. The lowest BCUT2D eigenvalue weighted by molar-refractivity contribution is -0.141. The number of alkyl halides is 3. The van der Waals surface area contributed by atoms with Gasteiger partial charge in [0.2, 0.25) is 21.8 Å². The molecule has 1 aromatic heterocycles. The monoisotopic (exact) mass is 511 g/mol. The van der Waals surface area contributed by atoms with Crippen molar-refractivity contribution in [1.82, 2.24) is 10.3 Å². The maximum atomic E-state index is 13.9. The van der Waals surface area contributed by atoms with E-state index in [2.05, 4.69) is 20.9 Å². The van der Waals surface area contributed by atoms with Gasteiger partial charge in [0.25, 0.3) is 0 Å². The SMILES string of the molecule is C#Cc1cc(F)cc(CNC(=O)C=Cc2ccc(C(F)(F)F)nc2OCC2CC2)c1NS(C)(=O)=O. The van der Waals surface area contributed by atoms with E-state index in [0.29, 0.717) is 0 Å². The van der Waals surface area contributed by atoms with Crippen LogP contribution in [0, 0.1) is 24.1 Å². The lowest BCUT2D eigenvalue weighted by atomic mass is 10.1. The van der Waals surface area contributed by atoms with Crippen molar-refractivity contribution in [3.8, 4) is 18.2 Å². The highest BCUT2D eigenvalue weighted by atomic mass is 32.2. The number of hydrogen-bond donors (Lipinski definition) is 2. The molecule has 0 spiro atoms. The molecule has 1 aromatic carbocycles. The van der Waals surface area contributed by atoms with Gasteiger partial charge in [-0.2, -0.15) is 13.2 Å². The summed E-state index contributed by atoms with van der Waals surface area (Å²) in [5.41, 5.74) is -0.985. The van der Waals surface area contributed by atoms with Crippen LogP contribution in [0.3, 0.4) is 0 Å². The molecule has 0 atom stereocenters. The largest absolute Gasteiger partial charge is 0.477 e. The van der Waals surface area contributed by atoms with Gasteiger partial charge in [0.15, 0.2) is 0 Å². The van der Waals surface area contributed by atoms with Crippen LogP contribution in [0.1, 0.15) is 35.2 Å². The van der Waals surface area contributed by atoms with Crippen molar-refractivity contribution >= 4 is 27.7 Å². The van der Waals surface area contributed by atoms with E-state index >= 15 is 0 Å². The van der Waals surface area contributed by atoms with Gasteiger partial charge in [0, 0.05) is 18.2 Å². The number of nitrogens with one attached hydrogen (secondary N) is 2.